The number of benzene rings is 2. The highest BCUT2D eigenvalue weighted by atomic mass is 16.7. The average Bonchev–Trinajstić information content (AvgIpc) is 3.44. The van der Waals surface area contributed by atoms with E-state index in [1.165, 1.54) is 11.1 Å². The van der Waals surface area contributed by atoms with Gasteiger partial charge in [-0.25, -0.2) is 4.98 Å². The number of aryl methyl sites for hydroxylation is 3. The zero-order valence-electron chi connectivity index (χ0n) is 18.3. The van der Waals surface area contributed by atoms with Crippen molar-refractivity contribution in [1.29, 1.82) is 0 Å². The Balaban J connectivity index is 1.40. The van der Waals surface area contributed by atoms with Gasteiger partial charge in [0.05, 0.1) is 25.1 Å². The van der Waals surface area contributed by atoms with Crippen molar-refractivity contribution in [3.05, 3.63) is 53.3 Å². The minimum absolute atomic E-state index is 0.439. The van der Waals surface area contributed by atoms with Gasteiger partial charge in [0.25, 0.3) is 0 Å². The molecule has 2 aromatic carbocycles. The molecule has 0 radical (unpaired) electrons. The van der Waals surface area contributed by atoms with E-state index < -0.39 is 37.3 Å². The Hall–Kier alpha value is -2.69. The molecule has 5 rings (SSSR count). The minimum atomic E-state index is -1.50. The molecule has 0 aliphatic carbocycles. The van der Waals surface area contributed by atoms with Crippen molar-refractivity contribution >= 4 is 11.0 Å². The Morgan fingerprint density at radius 3 is 2.79 bits per heavy atom. The van der Waals surface area contributed by atoms with Crippen molar-refractivity contribution in [3.8, 4) is 11.5 Å². The highest BCUT2D eigenvalue weighted by Gasteiger charge is 2.45. The summed E-state index contributed by atoms with van der Waals surface area (Å²) < 4.78 is 19.1. The molecule has 9 nitrogen and oxygen atoms in total. The zero-order chi connectivity index (χ0) is 23.1. The largest absolute Gasteiger partial charge is 0.493 e. The van der Waals surface area contributed by atoms with Crippen LogP contribution in [-0.4, -0.2) is 73.9 Å². The van der Waals surface area contributed by atoms with E-state index in [9.17, 15) is 20.4 Å². The monoisotopic (exact) mass is 456 g/mol. The Kier molecular flexibility index (Phi) is 5.98. The standard InChI is InChI=1S/C24H28N2O7/c1-13-8-16-20(18(9-13)32-24-23(30)22(29)21(28)19(11-27)33-24)26(12-25-16)6-4-14-2-3-17-15(10-14)5-7-31-17/h2-3,8-10,12,19,21-24,27-30H,4-7,11H2,1H3. The van der Waals surface area contributed by atoms with E-state index >= 15 is 0 Å². The van der Waals surface area contributed by atoms with Gasteiger partial charge in [-0.3, -0.25) is 0 Å². The lowest BCUT2D eigenvalue weighted by Crippen LogP contribution is -2.60. The summed E-state index contributed by atoms with van der Waals surface area (Å²) in [5, 5.41) is 40.0. The molecule has 5 unspecified atom stereocenters. The van der Waals surface area contributed by atoms with E-state index in [0.29, 0.717) is 12.3 Å². The normalized spacial score (nSPS) is 26.9. The van der Waals surface area contributed by atoms with Crippen LogP contribution in [0.3, 0.4) is 0 Å². The van der Waals surface area contributed by atoms with E-state index in [4.69, 9.17) is 14.2 Å². The first-order chi connectivity index (χ1) is 15.9. The number of rotatable bonds is 6. The van der Waals surface area contributed by atoms with Gasteiger partial charge in [-0.1, -0.05) is 12.1 Å². The Morgan fingerprint density at radius 1 is 1.12 bits per heavy atom. The van der Waals surface area contributed by atoms with Crippen LogP contribution in [0.4, 0.5) is 0 Å². The molecule has 0 spiro atoms. The molecule has 2 aliphatic rings. The van der Waals surface area contributed by atoms with Crippen molar-refractivity contribution in [3.63, 3.8) is 0 Å². The summed E-state index contributed by atoms with van der Waals surface area (Å²) in [6.45, 7) is 2.77. The lowest BCUT2D eigenvalue weighted by molar-refractivity contribution is -0.277. The maximum Gasteiger partial charge on any atom is 0.229 e. The molecule has 9 heteroatoms. The minimum Gasteiger partial charge on any atom is -0.493 e. The molecule has 3 aromatic rings. The second-order valence-electron chi connectivity index (χ2n) is 8.67. The van der Waals surface area contributed by atoms with Gasteiger partial charge in [0, 0.05) is 13.0 Å². The van der Waals surface area contributed by atoms with Gasteiger partial charge in [-0.15, -0.1) is 0 Å². The van der Waals surface area contributed by atoms with Crippen molar-refractivity contribution in [2.75, 3.05) is 13.2 Å². The summed E-state index contributed by atoms with van der Waals surface area (Å²) in [5.74, 6) is 1.40. The van der Waals surface area contributed by atoms with Crippen molar-refractivity contribution in [2.24, 2.45) is 0 Å². The second kappa shape index (κ2) is 8.92. The quantitative estimate of drug-likeness (QED) is 0.427. The van der Waals surface area contributed by atoms with Crippen LogP contribution in [-0.2, 0) is 24.1 Å². The topological polar surface area (TPSA) is 126 Å². The first-order valence-electron chi connectivity index (χ1n) is 11.1. The highest BCUT2D eigenvalue weighted by molar-refractivity contribution is 5.83. The summed E-state index contributed by atoms with van der Waals surface area (Å²) in [5.41, 5.74) is 4.81. The van der Waals surface area contributed by atoms with Crippen molar-refractivity contribution in [2.45, 2.75) is 57.0 Å². The van der Waals surface area contributed by atoms with Crippen LogP contribution in [0.25, 0.3) is 11.0 Å². The third kappa shape index (κ3) is 4.18. The van der Waals surface area contributed by atoms with Crippen LogP contribution in [0.15, 0.2) is 36.7 Å². The molecule has 33 heavy (non-hydrogen) atoms. The van der Waals surface area contributed by atoms with Gasteiger partial charge >= 0.3 is 0 Å². The molecule has 0 amide bonds. The van der Waals surface area contributed by atoms with Crippen LogP contribution < -0.4 is 9.47 Å². The van der Waals surface area contributed by atoms with E-state index in [0.717, 1.165) is 41.8 Å². The summed E-state index contributed by atoms with van der Waals surface area (Å²) in [7, 11) is 0. The Labute approximate surface area is 190 Å². The zero-order valence-corrected chi connectivity index (χ0v) is 18.3. The van der Waals surface area contributed by atoms with E-state index in [2.05, 4.69) is 17.1 Å². The van der Waals surface area contributed by atoms with Crippen LogP contribution in [0.5, 0.6) is 11.5 Å². The van der Waals surface area contributed by atoms with Gasteiger partial charge in [0.1, 0.15) is 41.4 Å². The van der Waals surface area contributed by atoms with Crippen LogP contribution in [0, 0.1) is 6.92 Å². The van der Waals surface area contributed by atoms with Gasteiger partial charge in [-0.2, -0.15) is 0 Å². The van der Waals surface area contributed by atoms with Gasteiger partial charge in [-0.05, 0) is 48.2 Å². The van der Waals surface area contributed by atoms with Crippen LogP contribution in [0.1, 0.15) is 16.7 Å². The van der Waals surface area contributed by atoms with Crippen LogP contribution >= 0.6 is 0 Å². The number of imidazole rings is 1. The molecule has 176 valence electrons. The van der Waals surface area contributed by atoms with Gasteiger partial charge in [0.15, 0.2) is 0 Å². The molecule has 1 aromatic heterocycles. The van der Waals surface area contributed by atoms with Crippen molar-refractivity contribution in [1.82, 2.24) is 9.55 Å². The third-order valence-corrected chi connectivity index (χ3v) is 6.31. The smallest absolute Gasteiger partial charge is 0.229 e. The molecule has 4 N–H and O–H groups in total. The number of nitrogens with zero attached hydrogens (tertiary/aromatic N) is 2. The predicted molar refractivity (Wildman–Crippen MR) is 118 cm³/mol. The second-order valence-corrected chi connectivity index (χ2v) is 8.67. The summed E-state index contributed by atoms with van der Waals surface area (Å²) in [6.07, 6.45) is -3.27. The number of aromatic nitrogens is 2. The van der Waals surface area contributed by atoms with E-state index in [1.807, 2.05) is 29.7 Å². The van der Waals surface area contributed by atoms with E-state index in [1.54, 1.807) is 6.33 Å². The van der Waals surface area contributed by atoms with Crippen LogP contribution in [0.2, 0.25) is 0 Å². The maximum absolute atomic E-state index is 10.4. The molecule has 2 aliphatic heterocycles. The lowest BCUT2D eigenvalue weighted by atomic mass is 9.99. The number of aliphatic hydroxyl groups is 4. The first-order valence-corrected chi connectivity index (χ1v) is 11.1. The number of aliphatic hydroxyl groups excluding tert-OH is 4. The Bertz CT molecular complexity index is 1150. The number of hydrogen-bond donors (Lipinski definition) is 4. The van der Waals surface area contributed by atoms with Gasteiger partial charge < -0.3 is 39.2 Å². The fourth-order valence-corrected chi connectivity index (χ4v) is 4.50. The number of ether oxygens (including phenoxy) is 3. The molecule has 3 heterocycles. The molecule has 0 saturated carbocycles. The predicted octanol–water partition coefficient (Wildman–Crippen LogP) is 0.701. The number of hydrogen-bond acceptors (Lipinski definition) is 8. The fraction of sp³-hybridized carbons (Fsp3) is 0.458. The molecule has 5 atom stereocenters. The highest BCUT2D eigenvalue weighted by Crippen LogP contribution is 2.32. The molecular formula is C24H28N2O7. The fourth-order valence-electron chi connectivity index (χ4n) is 4.50. The molecule has 1 fully saturated rings. The molecule has 1 saturated heterocycles. The maximum atomic E-state index is 10.4. The Morgan fingerprint density at radius 2 is 1.97 bits per heavy atom. The lowest BCUT2D eigenvalue weighted by Gasteiger charge is -2.39. The first kappa shape index (κ1) is 22.1. The third-order valence-electron chi connectivity index (χ3n) is 6.31. The van der Waals surface area contributed by atoms with E-state index in [-0.39, 0.29) is 0 Å². The number of fused-ring (bicyclic) bond motifs is 2. The van der Waals surface area contributed by atoms with Crippen molar-refractivity contribution < 1.29 is 34.6 Å². The molecular weight excluding hydrogens is 428 g/mol. The average molecular weight is 456 g/mol. The molecule has 0 bridgehead atoms. The van der Waals surface area contributed by atoms with Gasteiger partial charge in [0.2, 0.25) is 6.29 Å². The SMILES string of the molecule is Cc1cc(OC2OC(CO)C(O)C(O)C2O)c2c(c1)ncn2CCc1ccc2c(c1)CCO2. The summed E-state index contributed by atoms with van der Waals surface area (Å²) in [4.78, 5) is 4.51. The summed E-state index contributed by atoms with van der Waals surface area (Å²) >= 11 is 0. The summed E-state index contributed by atoms with van der Waals surface area (Å²) in [6, 6.07) is 10.0.